The zero-order valence-electron chi connectivity index (χ0n) is 12.9. The minimum Gasteiger partial charge on any atom is -0.508 e. The number of anilines is 1. The van der Waals surface area contributed by atoms with Gasteiger partial charge in [0.15, 0.2) is 5.75 Å². The lowest BCUT2D eigenvalue weighted by Crippen LogP contribution is -2.54. The number of phenolic OH excluding ortho intramolecular Hbond substituents is 2. The Hall–Kier alpha value is -3.03. The molecule has 1 aliphatic heterocycles. The molecule has 9 heteroatoms. The fourth-order valence-corrected chi connectivity index (χ4v) is 2.83. The van der Waals surface area contributed by atoms with E-state index in [9.17, 15) is 24.6 Å². The molecule has 132 valence electrons. The van der Waals surface area contributed by atoms with Gasteiger partial charge in [0.25, 0.3) is 11.8 Å². The summed E-state index contributed by atoms with van der Waals surface area (Å²) in [5.74, 6) is -2.10. The molecule has 0 radical (unpaired) electrons. The molecule has 0 atom stereocenters. The molecule has 1 heterocycles. The second-order valence-corrected chi connectivity index (χ2v) is 6.12. The Morgan fingerprint density at radius 2 is 1.54 bits per heavy atom. The third kappa shape index (κ3) is 3.22. The molecule has 0 spiro atoms. The van der Waals surface area contributed by atoms with Crippen LogP contribution in [0.1, 0.15) is 5.56 Å². The molecule has 0 aromatic heterocycles. The number of carbonyl (C=O) groups excluding carboxylic acids is 3. The number of halogens is 2. The Kier molecular flexibility index (Phi) is 4.58. The molecule has 26 heavy (non-hydrogen) atoms. The molecule has 1 saturated heterocycles. The van der Waals surface area contributed by atoms with Gasteiger partial charge in [-0.2, -0.15) is 0 Å². The van der Waals surface area contributed by atoms with E-state index in [2.05, 4.69) is 5.32 Å². The van der Waals surface area contributed by atoms with Gasteiger partial charge in [0.1, 0.15) is 11.3 Å². The van der Waals surface area contributed by atoms with Crippen molar-refractivity contribution in [3.05, 3.63) is 57.6 Å². The van der Waals surface area contributed by atoms with E-state index >= 15 is 0 Å². The van der Waals surface area contributed by atoms with E-state index in [1.165, 1.54) is 42.5 Å². The van der Waals surface area contributed by atoms with Crippen molar-refractivity contribution in [1.82, 2.24) is 5.32 Å². The lowest BCUT2D eigenvalue weighted by molar-refractivity contribution is -0.122. The average Bonchev–Trinajstić information content (AvgIpc) is 2.58. The number of hydrogen-bond donors (Lipinski definition) is 3. The Labute approximate surface area is 157 Å². The van der Waals surface area contributed by atoms with Gasteiger partial charge in [0.05, 0.1) is 15.7 Å². The molecule has 2 aromatic rings. The van der Waals surface area contributed by atoms with E-state index in [0.717, 1.165) is 4.90 Å². The van der Waals surface area contributed by atoms with Crippen LogP contribution in [0.25, 0.3) is 6.08 Å². The fourth-order valence-electron chi connectivity index (χ4n) is 2.33. The number of imide groups is 2. The van der Waals surface area contributed by atoms with Gasteiger partial charge in [0, 0.05) is 0 Å². The summed E-state index contributed by atoms with van der Waals surface area (Å²) in [5.41, 5.74) is 0.136. The highest BCUT2D eigenvalue weighted by Crippen LogP contribution is 2.33. The molecular formula is C17H10Cl2N2O5. The summed E-state index contributed by atoms with van der Waals surface area (Å²) < 4.78 is 0. The van der Waals surface area contributed by atoms with Crippen molar-refractivity contribution in [1.29, 1.82) is 0 Å². The number of phenols is 2. The SMILES string of the molecule is O=C1NC(=O)N(c2ccc(O)cc2)C(=O)/C1=C/c1cc(Cl)c(O)c(Cl)c1. The minimum atomic E-state index is -0.912. The van der Waals surface area contributed by atoms with Crippen LogP contribution in [-0.2, 0) is 9.59 Å². The molecule has 4 amide bonds. The smallest absolute Gasteiger partial charge is 0.335 e. The van der Waals surface area contributed by atoms with Crippen LogP contribution in [0, 0.1) is 0 Å². The summed E-state index contributed by atoms with van der Waals surface area (Å²) in [6.45, 7) is 0. The molecular weight excluding hydrogens is 383 g/mol. The third-order valence-corrected chi connectivity index (χ3v) is 4.14. The summed E-state index contributed by atoms with van der Waals surface area (Å²) in [7, 11) is 0. The first-order valence-electron chi connectivity index (χ1n) is 7.16. The van der Waals surface area contributed by atoms with E-state index in [1.807, 2.05) is 0 Å². The summed E-state index contributed by atoms with van der Waals surface area (Å²) in [5, 5.41) is 20.9. The lowest BCUT2D eigenvalue weighted by Gasteiger charge is -2.26. The molecule has 2 aromatic carbocycles. The van der Waals surface area contributed by atoms with Gasteiger partial charge in [-0.1, -0.05) is 23.2 Å². The molecule has 1 fully saturated rings. The topological polar surface area (TPSA) is 107 Å². The molecule has 0 unspecified atom stereocenters. The van der Waals surface area contributed by atoms with E-state index < -0.39 is 17.8 Å². The van der Waals surface area contributed by atoms with Crippen LogP contribution < -0.4 is 10.2 Å². The van der Waals surface area contributed by atoms with Crippen molar-refractivity contribution < 1.29 is 24.6 Å². The van der Waals surface area contributed by atoms with Crippen LogP contribution >= 0.6 is 23.2 Å². The number of barbiturate groups is 1. The van der Waals surface area contributed by atoms with Gasteiger partial charge in [-0.25, -0.2) is 9.69 Å². The van der Waals surface area contributed by atoms with Gasteiger partial charge in [0.2, 0.25) is 0 Å². The number of aromatic hydroxyl groups is 2. The summed E-state index contributed by atoms with van der Waals surface area (Å²) in [6, 6.07) is 7.03. The summed E-state index contributed by atoms with van der Waals surface area (Å²) >= 11 is 11.7. The highest BCUT2D eigenvalue weighted by Gasteiger charge is 2.36. The largest absolute Gasteiger partial charge is 0.508 e. The average molecular weight is 393 g/mol. The molecule has 3 N–H and O–H groups in total. The van der Waals surface area contributed by atoms with Crippen molar-refractivity contribution in [2.24, 2.45) is 0 Å². The Balaban J connectivity index is 2.04. The van der Waals surface area contributed by atoms with Gasteiger partial charge < -0.3 is 10.2 Å². The van der Waals surface area contributed by atoms with E-state index in [1.54, 1.807) is 0 Å². The normalized spacial score (nSPS) is 16.2. The number of rotatable bonds is 2. The van der Waals surface area contributed by atoms with E-state index in [-0.39, 0.29) is 38.4 Å². The minimum absolute atomic E-state index is 0.0427. The van der Waals surface area contributed by atoms with Crippen LogP contribution in [0.15, 0.2) is 42.0 Å². The van der Waals surface area contributed by atoms with Crippen LogP contribution in [0.5, 0.6) is 11.5 Å². The summed E-state index contributed by atoms with van der Waals surface area (Å²) in [6.07, 6.45) is 1.20. The predicted molar refractivity (Wildman–Crippen MR) is 95.2 cm³/mol. The first-order chi connectivity index (χ1) is 12.3. The Morgan fingerprint density at radius 3 is 2.12 bits per heavy atom. The molecule has 3 rings (SSSR count). The quantitative estimate of drug-likeness (QED) is 0.537. The summed E-state index contributed by atoms with van der Waals surface area (Å²) in [4.78, 5) is 37.6. The van der Waals surface area contributed by atoms with E-state index in [4.69, 9.17) is 23.2 Å². The van der Waals surface area contributed by atoms with Gasteiger partial charge in [-0.15, -0.1) is 0 Å². The highest BCUT2D eigenvalue weighted by molar-refractivity contribution is 6.40. The number of amides is 4. The fraction of sp³-hybridized carbons (Fsp3) is 0. The number of benzene rings is 2. The van der Waals surface area contributed by atoms with Crippen molar-refractivity contribution in [2.45, 2.75) is 0 Å². The maximum atomic E-state index is 12.7. The zero-order valence-corrected chi connectivity index (χ0v) is 14.4. The van der Waals surface area contributed by atoms with Crippen molar-refractivity contribution in [3.8, 4) is 11.5 Å². The van der Waals surface area contributed by atoms with Crippen LogP contribution in [0.2, 0.25) is 10.0 Å². The lowest BCUT2D eigenvalue weighted by atomic mass is 10.1. The first kappa shape index (κ1) is 17.8. The number of hydrogen-bond acceptors (Lipinski definition) is 5. The Bertz CT molecular complexity index is 947. The number of carbonyl (C=O) groups is 3. The van der Waals surface area contributed by atoms with E-state index in [0.29, 0.717) is 0 Å². The van der Waals surface area contributed by atoms with Gasteiger partial charge >= 0.3 is 6.03 Å². The highest BCUT2D eigenvalue weighted by atomic mass is 35.5. The maximum absolute atomic E-state index is 12.7. The Morgan fingerprint density at radius 1 is 0.962 bits per heavy atom. The monoisotopic (exact) mass is 392 g/mol. The third-order valence-electron chi connectivity index (χ3n) is 3.56. The predicted octanol–water partition coefficient (Wildman–Crippen LogP) is 3.07. The second-order valence-electron chi connectivity index (χ2n) is 5.31. The molecule has 0 aliphatic carbocycles. The number of nitrogens with one attached hydrogen (secondary N) is 1. The molecule has 7 nitrogen and oxygen atoms in total. The molecule has 0 saturated carbocycles. The second kappa shape index (κ2) is 6.70. The van der Waals surface area contributed by atoms with Crippen LogP contribution in [-0.4, -0.2) is 28.1 Å². The standard InChI is InChI=1S/C17H10Cl2N2O5/c18-12-6-8(7-13(19)14(12)23)5-11-15(24)20-17(26)21(16(11)25)9-1-3-10(22)4-2-9/h1-7,22-23H,(H,20,24,26)/b11-5+. The van der Waals surface area contributed by atoms with Crippen molar-refractivity contribution in [3.63, 3.8) is 0 Å². The van der Waals surface area contributed by atoms with Crippen LogP contribution in [0.3, 0.4) is 0 Å². The van der Waals surface area contributed by atoms with Crippen molar-refractivity contribution in [2.75, 3.05) is 4.90 Å². The first-order valence-corrected chi connectivity index (χ1v) is 7.92. The number of nitrogens with zero attached hydrogens (tertiary/aromatic N) is 1. The van der Waals surface area contributed by atoms with Gasteiger partial charge in [-0.3, -0.25) is 14.9 Å². The molecule has 1 aliphatic rings. The zero-order chi connectivity index (χ0) is 19.0. The maximum Gasteiger partial charge on any atom is 0.335 e. The number of urea groups is 1. The molecule has 0 bridgehead atoms. The van der Waals surface area contributed by atoms with Crippen LogP contribution in [0.4, 0.5) is 10.5 Å². The van der Waals surface area contributed by atoms with Crippen molar-refractivity contribution >= 4 is 52.8 Å². The van der Waals surface area contributed by atoms with Gasteiger partial charge in [-0.05, 0) is 48.0 Å².